The fraction of sp³-hybridized carbons (Fsp3) is 0.533. The number of amides is 2. The largest absolute Gasteiger partial charge is 0.334 e. The molecule has 2 rings (SSSR count). The number of carbonyl (C=O) groups is 1. The third-order valence-corrected chi connectivity index (χ3v) is 5.66. The van der Waals surface area contributed by atoms with Gasteiger partial charge in [-0.3, -0.25) is 4.21 Å². The summed E-state index contributed by atoms with van der Waals surface area (Å²) < 4.78 is 11.3. The van der Waals surface area contributed by atoms with Crippen molar-refractivity contribution in [2.45, 2.75) is 30.3 Å². The summed E-state index contributed by atoms with van der Waals surface area (Å²) in [6, 6.07) is 7.84. The van der Waals surface area contributed by atoms with Gasteiger partial charge in [0.05, 0.1) is 0 Å². The standard InChI is InChI=1S/C15H22N2O2S2/c1-17(15(18)16-13-4-3-9-20-11-13)10-12-5-7-14(8-6-12)21(2)19/h5-8,13H,3-4,9-11H2,1-2H3,(H,16,18)/t13-,21+/m1/s1. The maximum Gasteiger partial charge on any atom is 0.317 e. The molecular weight excluding hydrogens is 304 g/mol. The fourth-order valence-electron chi connectivity index (χ4n) is 2.27. The fourth-order valence-corrected chi connectivity index (χ4v) is 3.86. The van der Waals surface area contributed by atoms with Crippen LogP contribution in [0.15, 0.2) is 29.2 Å². The minimum Gasteiger partial charge on any atom is -0.334 e. The van der Waals surface area contributed by atoms with Gasteiger partial charge in [-0.15, -0.1) is 0 Å². The first kappa shape index (κ1) is 16.4. The summed E-state index contributed by atoms with van der Waals surface area (Å²) in [6.07, 6.45) is 3.91. The van der Waals surface area contributed by atoms with Gasteiger partial charge in [-0.25, -0.2) is 4.79 Å². The number of nitrogens with one attached hydrogen (secondary N) is 1. The van der Waals surface area contributed by atoms with Crippen LogP contribution in [-0.4, -0.2) is 46.0 Å². The molecule has 1 aliphatic rings. The van der Waals surface area contributed by atoms with Crippen LogP contribution in [0.3, 0.4) is 0 Å². The molecule has 0 spiro atoms. The van der Waals surface area contributed by atoms with Gasteiger partial charge in [-0.2, -0.15) is 11.8 Å². The highest BCUT2D eigenvalue weighted by molar-refractivity contribution is 7.99. The Hall–Kier alpha value is -1.01. The smallest absolute Gasteiger partial charge is 0.317 e. The molecule has 2 amide bonds. The summed E-state index contributed by atoms with van der Waals surface area (Å²) in [6.45, 7) is 0.558. The molecule has 0 aromatic heterocycles. The molecule has 4 nitrogen and oxygen atoms in total. The monoisotopic (exact) mass is 326 g/mol. The molecule has 0 saturated carbocycles. The molecule has 1 N–H and O–H groups in total. The molecule has 1 aliphatic heterocycles. The molecule has 6 heteroatoms. The Morgan fingerprint density at radius 1 is 1.43 bits per heavy atom. The molecular formula is C15H22N2O2S2. The van der Waals surface area contributed by atoms with E-state index in [0.29, 0.717) is 12.6 Å². The zero-order valence-electron chi connectivity index (χ0n) is 12.5. The van der Waals surface area contributed by atoms with E-state index in [1.54, 1.807) is 18.2 Å². The molecule has 0 bridgehead atoms. The quantitative estimate of drug-likeness (QED) is 0.925. The number of urea groups is 1. The zero-order chi connectivity index (χ0) is 15.2. The van der Waals surface area contributed by atoms with Crippen LogP contribution in [0, 0.1) is 0 Å². The first-order valence-corrected chi connectivity index (χ1v) is 9.79. The lowest BCUT2D eigenvalue weighted by Crippen LogP contribution is -2.44. The van der Waals surface area contributed by atoms with Gasteiger partial charge >= 0.3 is 6.03 Å². The molecule has 2 atom stereocenters. The van der Waals surface area contributed by atoms with Gasteiger partial charge in [-0.1, -0.05) is 12.1 Å². The third kappa shape index (κ3) is 5.04. The summed E-state index contributed by atoms with van der Waals surface area (Å²) in [5, 5.41) is 3.09. The maximum atomic E-state index is 12.1. The predicted octanol–water partition coefficient (Wildman–Crippen LogP) is 2.46. The summed E-state index contributed by atoms with van der Waals surface area (Å²) in [7, 11) is 0.844. The number of hydrogen-bond acceptors (Lipinski definition) is 3. The summed E-state index contributed by atoms with van der Waals surface area (Å²) in [5.41, 5.74) is 1.04. The Balaban J connectivity index is 1.86. The van der Waals surface area contributed by atoms with E-state index in [-0.39, 0.29) is 6.03 Å². The van der Waals surface area contributed by atoms with E-state index in [0.717, 1.165) is 22.6 Å². The van der Waals surface area contributed by atoms with Crippen LogP contribution in [0.1, 0.15) is 18.4 Å². The normalized spacial score (nSPS) is 19.8. The average molecular weight is 326 g/mol. The van der Waals surface area contributed by atoms with Crippen molar-refractivity contribution < 1.29 is 9.00 Å². The van der Waals surface area contributed by atoms with Crippen LogP contribution in [0.2, 0.25) is 0 Å². The average Bonchev–Trinajstić information content (AvgIpc) is 2.48. The number of thioether (sulfide) groups is 1. The van der Waals surface area contributed by atoms with E-state index in [2.05, 4.69) is 5.32 Å². The topological polar surface area (TPSA) is 49.4 Å². The first-order valence-electron chi connectivity index (χ1n) is 7.08. The molecule has 1 heterocycles. The Bertz CT molecular complexity index is 499. The van der Waals surface area contributed by atoms with Crippen molar-refractivity contribution in [3.05, 3.63) is 29.8 Å². The Kier molecular flexibility index (Phi) is 6.11. The molecule has 116 valence electrons. The van der Waals surface area contributed by atoms with Crippen molar-refractivity contribution in [2.24, 2.45) is 0 Å². The summed E-state index contributed by atoms with van der Waals surface area (Å²) in [5.74, 6) is 2.21. The number of benzene rings is 1. The number of carbonyl (C=O) groups excluding carboxylic acids is 1. The number of rotatable bonds is 4. The SMILES string of the molecule is CN(Cc1ccc([S@](C)=O)cc1)C(=O)N[C@@H]1CCCSC1. The van der Waals surface area contributed by atoms with Crippen LogP contribution in [0.25, 0.3) is 0 Å². The van der Waals surface area contributed by atoms with Crippen molar-refractivity contribution in [3.8, 4) is 0 Å². The molecule has 0 unspecified atom stereocenters. The number of hydrogen-bond donors (Lipinski definition) is 1. The molecule has 0 radical (unpaired) electrons. The molecule has 0 aliphatic carbocycles. The first-order chi connectivity index (χ1) is 10.1. The number of nitrogens with zero attached hydrogens (tertiary/aromatic N) is 1. The van der Waals surface area contributed by atoms with E-state index in [9.17, 15) is 9.00 Å². The second kappa shape index (κ2) is 7.84. The highest BCUT2D eigenvalue weighted by Gasteiger charge is 2.18. The molecule has 1 aromatic carbocycles. The minimum absolute atomic E-state index is 0.0226. The van der Waals surface area contributed by atoms with Crippen LogP contribution in [0.5, 0.6) is 0 Å². The highest BCUT2D eigenvalue weighted by atomic mass is 32.2. The van der Waals surface area contributed by atoms with Gasteiger partial charge in [0.25, 0.3) is 0 Å². The van der Waals surface area contributed by atoms with Gasteiger partial charge in [0.2, 0.25) is 0 Å². The highest BCUT2D eigenvalue weighted by Crippen LogP contribution is 2.17. The molecule has 1 aromatic rings. The van der Waals surface area contributed by atoms with Crippen LogP contribution >= 0.6 is 11.8 Å². The second-order valence-corrected chi connectivity index (χ2v) is 7.85. The van der Waals surface area contributed by atoms with Crippen LogP contribution < -0.4 is 5.32 Å². The van der Waals surface area contributed by atoms with E-state index in [1.807, 2.05) is 36.0 Å². The van der Waals surface area contributed by atoms with Crippen molar-refractivity contribution in [1.82, 2.24) is 10.2 Å². The maximum absolute atomic E-state index is 12.1. The predicted molar refractivity (Wildman–Crippen MR) is 89.1 cm³/mol. The van der Waals surface area contributed by atoms with Gasteiger partial charge in [0.15, 0.2) is 0 Å². The van der Waals surface area contributed by atoms with Crippen molar-refractivity contribution in [1.29, 1.82) is 0 Å². The summed E-state index contributed by atoms with van der Waals surface area (Å²) >= 11 is 1.90. The van der Waals surface area contributed by atoms with E-state index in [4.69, 9.17) is 0 Å². The second-order valence-electron chi connectivity index (χ2n) is 5.32. The van der Waals surface area contributed by atoms with Crippen LogP contribution in [-0.2, 0) is 17.3 Å². The van der Waals surface area contributed by atoms with Gasteiger partial charge in [0, 0.05) is 47.3 Å². The third-order valence-electron chi connectivity index (χ3n) is 3.51. The van der Waals surface area contributed by atoms with Crippen molar-refractivity contribution in [3.63, 3.8) is 0 Å². The lowest BCUT2D eigenvalue weighted by Gasteiger charge is -2.26. The zero-order valence-corrected chi connectivity index (χ0v) is 14.1. The summed E-state index contributed by atoms with van der Waals surface area (Å²) in [4.78, 5) is 14.6. The lowest BCUT2D eigenvalue weighted by atomic mass is 10.2. The van der Waals surface area contributed by atoms with Crippen LogP contribution in [0.4, 0.5) is 4.79 Å². The van der Waals surface area contributed by atoms with Gasteiger partial charge in [-0.05, 0) is 36.3 Å². The van der Waals surface area contributed by atoms with E-state index in [1.165, 1.54) is 12.2 Å². The Morgan fingerprint density at radius 3 is 2.71 bits per heavy atom. The molecule has 1 fully saturated rings. The lowest BCUT2D eigenvalue weighted by molar-refractivity contribution is 0.203. The van der Waals surface area contributed by atoms with Gasteiger partial charge < -0.3 is 10.2 Å². The van der Waals surface area contributed by atoms with Gasteiger partial charge in [0.1, 0.15) is 0 Å². The molecule has 1 saturated heterocycles. The molecule has 21 heavy (non-hydrogen) atoms. The van der Waals surface area contributed by atoms with E-state index >= 15 is 0 Å². The Morgan fingerprint density at radius 2 is 2.14 bits per heavy atom. The van der Waals surface area contributed by atoms with E-state index < -0.39 is 10.8 Å². The van der Waals surface area contributed by atoms with Crippen molar-refractivity contribution in [2.75, 3.05) is 24.8 Å². The van der Waals surface area contributed by atoms with Crippen molar-refractivity contribution >= 4 is 28.6 Å². The Labute approximate surface area is 133 Å². The minimum atomic E-state index is -0.959.